The summed E-state index contributed by atoms with van der Waals surface area (Å²) in [5, 5.41) is 0. The van der Waals surface area contributed by atoms with E-state index in [0.29, 0.717) is 0 Å². The van der Waals surface area contributed by atoms with Crippen LogP contribution in [0.3, 0.4) is 0 Å². The third-order valence-electron chi connectivity index (χ3n) is 4.09. The van der Waals surface area contributed by atoms with E-state index >= 15 is 0 Å². The second-order valence-corrected chi connectivity index (χ2v) is 6.16. The summed E-state index contributed by atoms with van der Waals surface area (Å²) in [6.45, 7) is 3.46. The van der Waals surface area contributed by atoms with E-state index in [4.69, 9.17) is 9.78 Å². The van der Waals surface area contributed by atoms with Crippen LogP contribution in [-0.4, -0.2) is 60.4 Å². The minimum absolute atomic E-state index is 0.0321. The van der Waals surface area contributed by atoms with Gasteiger partial charge in [0.1, 0.15) is 13.1 Å². The van der Waals surface area contributed by atoms with E-state index < -0.39 is 24.3 Å². The van der Waals surface area contributed by atoms with Crippen molar-refractivity contribution in [1.29, 1.82) is 0 Å². The molecule has 152 valence electrons. The number of aryl methyl sites for hydroxylation is 1. The Morgan fingerprint density at radius 3 is 2.25 bits per heavy atom. The largest absolute Gasteiger partial charge is 0.468 e. The van der Waals surface area contributed by atoms with E-state index in [2.05, 4.69) is 9.47 Å². The van der Waals surface area contributed by atoms with Crippen molar-refractivity contribution in [2.24, 2.45) is 0 Å². The lowest BCUT2D eigenvalue weighted by Gasteiger charge is -2.40. The summed E-state index contributed by atoms with van der Waals surface area (Å²) in [7, 11) is 2.56. The average molecular weight is 394 g/mol. The molecule has 1 aromatic heterocycles. The van der Waals surface area contributed by atoms with E-state index in [-0.39, 0.29) is 24.6 Å². The van der Waals surface area contributed by atoms with Crippen molar-refractivity contribution in [2.75, 3.05) is 20.8 Å². The van der Waals surface area contributed by atoms with Crippen molar-refractivity contribution in [2.45, 2.75) is 32.7 Å². The molecule has 10 nitrogen and oxygen atoms in total. The zero-order chi connectivity index (χ0) is 20.8. The molecule has 4 rings (SSSR count). The number of pyridine rings is 1. The van der Waals surface area contributed by atoms with Crippen molar-refractivity contribution >= 4 is 17.8 Å². The number of hydrogen-bond acceptors (Lipinski definition) is 8. The molecule has 2 atom stereocenters. The van der Waals surface area contributed by atoms with E-state index in [1.165, 1.54) is 29.8 Å². The van der Waals surface area contributed by atoms with Gasteiger partial charge in [-0.3, -0.25) is 24.1 Å². The molecule has 10 heteroatoms. The Labute approximate surface area is 161 Å². The molecule has 0 N–H and O–H groups in total. The molecular formula is C18H22N2O8. The van der Waals surface area contributed by atoms with E-state index in [9.17, 15) is 19.2 Å². The summed E-state index contributed by atoms with van der Waals surface area (Å²) in [4.78, 5) is 55.9. The topological polar surface area (TPSA) is 113 Å². The van der Waals surface area contributed by atoms with Gasteiger partial charge in [-0.1, -0.05) is 0 Å². The van der Waals surface area contributed by atoms with Gasteiger partial charge in [-0.2, -0.15) is 0 Å². The molecule has 3 aliphatic heterocycles. The predicted octanol–water partition coefficient (Wildman–Crippen LogP) is -0.0659. The number of rotatable bonds is 4. The Hall–Kier alpha value is -2.98. The summed E-state index contributed by atoms with van der Waals surface area (Å²) in [5.41, 5.74) is 1.49. The minimum Gasteiger partial charge on any atom is -0.468 e. The van der Waals surface area contributed by atoms with Crippen molar-refractivity contribution in [3.63, 3.8) is 0 Å². The Balaban J connectivity index is 0.000000203. The SMILES string of the molecule is COC(=O)CN1C(=O)C2OOC1C=C2C.COC(=O)Cn1ccc(C)cc1=O. The van der Waals surface area contributed by atoms with Gasteiger partial charge in [-0.05, 0) is 37.1 Å². The van der Waals surface area contributed by atoms with Gasteiger partial charge in [-0.25, -0.2) is 9.78 Å². The number of amides is 1. The molecule has 4 heterocycles. The van der Waals surface area contributed by atoms with Crippen molar-refractivity contribution in [3.05, 3.63) is 45.9 Å². The smallest absolute Gasteiger partial charge is 0.325 e. The number of carbonyl (C=O) groups excluding carboxylic acids is 3. The van der Waals surface area contributed by atoms with Gasteiger partial charge in [0.05, 0.1) is 14.2 Å². The molecular weight excluding hydrogens is 372 g/mol. The summed E-state index contributed by atoms with van der Waals surface area (Å²) in [5.74, 6) is -1.17. The standard InChI is InChI=1S/C9H11NO5.C9H11NO3/c1-5-3-6-10(4-7(11)13-2)9(12)8(5)15-14-6;1-7-3-4-10(8(11)5-7)6-9(12)13-2/h3,6,8H,4H2,1-2H3;3-5H,6H2,1-2H3. The van der Waals surface area contributed by atoms with Crippen molar-refractivity contribution in [1.82, 2.24) is 9.47 Å². The first-order chi connectivity index (χ1) is 13.3. The molecule has 1 aromatic rings. The van der Waals surface area contributed by atoms with E-state index in [1.807, 2.05) is 6.92 Å². The number of hydrogen-bond donors (Lipinski definition) is 0. The van der Waals surface area contributed by atoms with Gasteiger partial charge < -0.3 is 14.0 Å². The second kappa shape index (κ2) is 9.29. The first kappa shape index (κ1) is 21.3. The molecule has 2 unspecified atom stereocenters. The second-order valence-electron chi connectivity index (χ2n) is 6.16. The van der Waals surface area contributed by atoms with E-state index in [0.717, 1.165) is 11.1 Å². The fourth-order valence-corrected chi connectivity index (χ4v) is 2.49. The fraction of sp³-hybridized carbons (Fsp3) is 0.444. The molecule has 1 amide bonds. The molecule has 2 bridgehead atoms. The normalized spacial score (nSPS) is 20.1. The van der Waals surface area contributed by atoms with Gasteiger partial charge in [-0.15, -0.1) is 0 Å². The van der Waals surface area contributed by atoms with Gasteiger partial charge in [0.15, 0.2) is 12.3 Å². The van der Waals surface area contributed by atoms with Crippen LogP contribution in [0.1, 0.15) is 12.5 Å². The highest BCUT2D eigenvalue weighted by Crippen LogP contribution is 2.27. The molecule has 28 heavy (non-hydrogen) atoms. The zero-order valence-corrected chi connectivity index (χ0v) is 16.0. The van der Waals surface area contributed by atoms with Crippen LogP contribution in [0.4, 0.5) is 0 Å². The van der Waals surface area contributed by atoms with Crippen LogP contribution >= 0.6 is 0 Å². The van der Waals surface area contributed by atoms with Crippen LogP contribution in [0.25, 0.3) is 0 Å². The summed E-state index contributed by atoms with van der Waals surface area (Å²) < 4.78 is 10.2. The van der Waals surface area contributed by atoms with Crippen LogP contribution < -0.4 is 5.56 Å². The lowest BCUT2D eigenvalue weighted by atomic mass is 10.0. The van der Waals surface area contributed by atoms with Crippen molar-refractivity contribution in [3.8, 4) is 0 Å². The highest BCUT2D eigenvalue weighted by atomic mass is 17.2. The lowest BCUT2D eigenvalue weighted by molar-refractivity contribution is -0.377. The first-order valence-corrected chi connectivity index (χ1v) is 8.38. The molecule has 0 aromatic carbocycles. The number of aromatic nitrogens is 1. The van der Waals surface area contributed by atoms with Gasteiger partial charge in [0.2, 0.25) is 0 Å². The fourth-order valence-electron chi connectivity index (χ4n) is 2.49. The molecule has 0 saturated carbocycles. The van der Waals surface area contributed by atoms with Crippen LogP contribution in [0.5, 0.6) is 0 Å². The Kier molecular flexibility index (Phi) is 7.07. The molecule has 3 aliphatic rings. The highest BCUT2D eigenvalue weighted by Gasteiger charge is 2.43. The van der Waals surface area contributed by atoms with Gasteiger partial charge in [0, 0.05) is 12.3 Å². The maximum atomic E-state index is 11.7. The third kappa shape index (κ3) is 5.05. The summed E-state index contributed by atoms with van der Waals surface area (Å²) >= 11 is 0. The molecule has 1 saturated heterocycles. The highest BCUT2D eigenvalue weighted by molar-refractivity contribution is 5.89. The number of ether oxygens (including phenoxy) is 2. The Morgan fingerprint density at radius 2 is 1.71 bits per heavy atom. The van der Waals surface area contributed by atoms with Gasteiger partial charge in [0.25, 0.3) is 11.5 Å². The summed E-state index contributed by atoms with van der Waals surface area (Å²) in [6.07, 6.45) is 1.98. The van der Waals surface area contributed by atoms with E-state index in [1.54, 1.807) is 25.3 Å². The predicted molar refractivity (Wildman–Crippen MR) is 94.7 cm³/mol. The maximum Gasteiger partial charge on any atom is 0.325 e. The Bertz CT molecular complexity index is 844. The summed E-state index contributed by atoms with van der Waals surface area (Å²) in [6, 6.07) is 3.24. The molecule has 0 spiro atoms. The number of nitrogens with zero attached hydrogens (tertiary/aromatic N) is 2. The van der Waals surface area contributed by atoms with Crippen LogP contribution in [0.2, 0.25) is 0 Å². The Morgan fingerprint density at radius 1 is 1.07 bits per heavy atom. The maximum absolute atomic E-state index is 11.7. The quantitative estimate of drug-likeness (QED) is 0.396. The van der Waals surface area contributed by atoms with Crippen LogP contribution in [0.15, 0.2) is 34.8 Å². The first-order valence-electron chi connectivity index (χ1n) is 8.38. The number of esters is 2. The van der Waals surface area contributed by atoms with Gasteiger partial charge >= 0.3 is 11.9 Å². The third-order valence-corrected chi connectivity index (χ3v) is 4.09. The number of carbonyl (C=O) groups is 3. The molecule has 1 fully saturated rings. The van der Waals surface area contributed by atoms with Crippen LogP contribution in [-0.2, 0) is 40.2 Å². The number of methoxy groups -OCH3 is 2. The van der Waals surface area contributed by atoms with Crippen molar-refractivity contribution < 1.29 is 33.6 Å². The molecule has 0 aliphatic carbocycles. The number of fused-ring (bicyclic) bond motifs is 2. The molecule has 0 radical (unpaired) electrons. The monoisotopic (exact) mass is 394 g/mol. The lowest BCUT2D eigenvalue weighted by Crippen LogP contribution is -2.57. The zero-order valence-electron chi connectivity index (χ0n) is 16.0. The minimum atomic E-state index is -0.723. The van der Waals surface area contributed by atoms with Crippen LogP contribution in [0, 0.1) is 6.92 Å². The average Bonchev–Trinajstić information content (AvgIpc) is 2.67.